The lowest BCUT2D eigenvalue weighted by molar-refractivity contribution is -0.122. The molecular weight excluding hydrogens is 597 g/mol. The predicted molar refractivity (Wildman–Crippen MR) is 190 cm³/mol. The monoisotopic (exact) mass is 637 g/mol. The minimum absolute atomic E-state index is 0.0475. The highest BCUT2D eigenvalue weighted by atomic mass is 19.1. The van der Waals surface area contributed by atoms with Crippen LogP contribution >= 0.6 is 0 Å². The highest BCUT2D eigenvalue weighted by molar-refractivity contribution is 5.87. The summed E-state index contributed by atoms with van der Waals surface area (Å²) in [7, 11) is 0. The number of benzene rings is 5. The average Bonchev–Trinajstić information content (AvgIpc) is 3.48. The van der Waals surface area contributed by atoms with Gasteiger partial charge in [-0.05, 0) is 77.6 Å². The molecule has 5 aromatic carbocycles. The van der Waals surface area contributed by atoms with E-state index in [-0.39, 0.29) is 23.7 Å². The molecule has 1 atom stereocenters. The molecule has 1 fully saturated rings. The quantitative estimate of drug-likeness (QED) is 0.154. The zero-order valence-electron chi connectivity index (χ0n) is 27.0. The summed E-state index contributed by atoms with van der Waals surface area (Å²) >= 11 is 0. The summed E-state index contributed by atoms with van der Waals surface area (Å²) in [6.07, 6.45) is 4.34. The first-order valence-electron chi connectivity index (χ1n) is 16.8. The second kappa shape index (κ2) is 14.7. The first kappa shape index (κ1) is 31.4. The van der Waals surface area contributed by atoms with Crippen LogP contribution < -0.4 is 10.1 Å². The lowest BCUT2D eigenvalue weighted by Gasteiger charge is -2.32. The smallest absolute Gasteiger partial charge is 0.221 e. The van der Waals surface area contributed by atoms with Gasteiger partial charge in [0, 0.05) is 61.7 Å². The Morgan fingerprint density at radius 1 is 0.750 bits per heavy atom. The van der Waals surface area contributed by atoms with Gasteiger partial charge in [0.15, 0.2) is 0 Å². The van der Waals surface area contributed by atoms with Gasteiger partial charge >= 0.3 is 0 Å². The Kier molecular flexibility index (Phi) is 9.62. The van der Waals surface area contributed by atoms with Gasteiger partial charge in [0.2, 0.25) is 5.91 Å². The van der Waals surface area contributed by atoms with E-state index >= 15 is 0 Å². The molecule has 1 N–H and O–H groups in total. The molecule has 6 aromatic rings. The number of carbonyl (C=O) groups excluding carboxylic acids is 1. The largest absolute Gasteiger partial charge is 0.457 e. The summed E-state index contributed by atoms with van der Waals surface area (Å²) < 4.78 is 22.1. The van der Waals surface area contributed by atoms with Crippen LogP contribution in [0.25, 0.3) is 10.9 Å². The fourth-order valence-corrected chi connectivity index (χ4v) is 6.85. The average molecular weight is 638 g/mol. The third kappa shape index (κ3) is 7.67. The maximum Gasteiger partial charge on any atom is 0.221 e. The van der Waals surface area contributed by atoms with E-state index in [0.717, 1.165) is 71.6 Å². The van der Waals surface area contributed by atoms with E-state index in [9.17, 15) is 9.18 Å². The van der Waals surface area contributed by atoms with Crippen molar-refractivity contribution in [2.75, 3.05) is 13.1 Å². The van der Waals surface area contributed by atoms with E-state index in [1.54, 1.807) is 0 Å². The zero-order chi connectivity index (χ0) is 32.7. The van der Waals surface area contributed by atoms with Gasteiger partial charge < -0.3 is 14.6 Å². The fourth-order valence-electron chi connectivity index (χ4n) is 6.85. The van der Waals surface area contributed by atoms with Crippen LogP contribution in [0.5, 0.6) is 11.5 Å². The molecule has 1 saturated heterocycles. The third-order valence-corrected chi connectivity index (χ3v) is 9.29. The maximum atomic E-state index is 13.9. The van der Waals surface area contributed by atoms with Crippen LogP contribution in [-0.4, -0.2) is 34.5 Å². The third-order valence-electron chi connectivity index (χ3n) is 9.29. The van der Waals surface area contributed by atoms with Gasteiger partial charge in [-0.25, -0.2) is 4.39 Å². The number of nitrogens with one attached hydrogen (secondary N) is 1. The van der Waals surface area contributed by atoms with E-state index in [1.807, 2.05) is 72.8 Å². The van der Waals surface area contributed by atoms with E-state index in [4.69, 9.17) is 4.74 Å². The molecule has 48 heavy (non-hydrogen) atoms. The molecule has 1 aliphatic heterocycles. The van der Waals surface area contributed by atoms with Crippen molar-refractivity contribution in [3.8, 4) is 11.5 Å². The summed E-state index contributed by atoms with van der Waals surface area (Å²) in [4.78, 5) is 16.4. The number of para-hydroxylation sites is 2. The van der Waals surface area contributed by atoms with Crippen LogP contribution in [0.1, 0.15) is 47.4 Å². The van der Waals surface area contributed by atoms with E-state index in [0.29, 0.717) is 13.0 Å². The molecule has 242 valence electrons. The fraction of sp³-hybridized carbons (Fsp3) is 0.214. The molecule has 0 radical (unpaired) electrons. The molecule has 2 heterocycles. The Morgan fingerprint density at radius 3 is 2.19 bits per heavy atom. The predicted octanol–water partition coefficient (Wildman–Crippen LogP) is 8.92. The Labute approximate surface area is 281 Å². The lowest BCUT2D eigenvalue weighted by atomic mass is 9.87. The number of nitrogens with zero attached hydrogens (tertiary/aromatic N) is 2. The number of fused-ring (bicyclic) bond motifs is 1. The van der Waals surface area contributed by atoms with Crippen molar-refractivity contribution in [3.05, 3.63) is 168 Å². The minimum atomic E-state index is -0.248. The molecule has 0 spiro atoms. The Hall–Kier alpha value is -5.20. The van der Waals surface area contributed by atoms with Crippen LogP contribution in [0, 0.1) is 5.82 Å². The van der Waals surface area contributed by atoms with Gasteiger partial charge in [-0.1, -0.05) is 91.0 Å². The summed E-state index contributed by atoms with van der Waals surface area (Å²) in [6.45, 7) is 3.45. The number of rotatable bonds is 11. The lowest BCUT2D eigenvalue weighted by Crippen LogP contribution is -2.44. The van der Waals surface area contributed by atoms with E-state index in [2.05, 4.69) is 69.5 Å². The summed E-state index contributed by atoms with van der Waals surface area (Å²) in [5.74, 6) is 1.08. The van der Waals surface area contributed by atoms with Crippen LogP contribution in [0.3, 0.4) is 0 Å². The van der Waals surface area contributed by atoms with Crippen LogP contribution in [0.4, 0.5) is 4.39 Å². The van der Waals surface area contributed by atoms with E-state index < -0.39 is 0 Å². The molecule has 5 nitrogen and oxygen atoms in total. The summed E-state index contributed by atoms with van der Waals surface area (Å²) in [5.41, 5.74) is 5.50. The molecule has 1 aliphatic rings. The molecule has 1 unspecified atom stereocenters. The number of hydrogen-bond donors (Lipinski definition) is 1. The molecule has 1 aromatic heterocycles. The van der Waals surface area contributed by atoms with Crippen molar-refractivity contribution >= 4 is 16.8 Å². The number of likely N-dealkylation sites (tertiary alicyclic amines) is 1. The summed E-state index contributed by atoms with van der Waals surface area (Å²) in [6, 6.07) is 43.5. The Morgan fingerprint density at radius 2 is 1.42 bits per heavy atom. The van der Waals surface area contributed by atoms with Crippen molar-refractivity contribution < 1.29 is 13.9 Å². The molecule has 6 heteroatoms. The molecule has 0 saturated carbocycles. The number of halogens is 1. The van der Waals surface area contributed by atoms with Crippen molar-refractivity contribution in [3.63, 3.8) is 0 Å². The number of carbonyl (C=O) groups is 1. The SMILES string of the molecule is O=C(CC(c1cccc(Oc2ccccc2)c1)c1cn(Cc2ccc(F)cc2)c2ccccc12)NC1CCN(Cc2ccccc2)CC1. The Balaban J connectivity index is 1.14. The number of amides is 1. The van der Waals surface area contributed by atoms with Crippen molar-refractivity contribution in [2.45, 2.75) is 44.3 Å². The second-order valence-electron chi connectivity index (χ2n) is 12.7. The van der Waals surface area contributed by atoms with E-state index in [1.165, 1.54) is 17.7 Å². The highest BCUT2D eigenvalue weighted by Gasteiger charge is 2.26. The summed E-state index contributed by atoms with van der Waals surface area (Å²) in [5, 5.41) is 4.49. The van der Waals surface area contributed by atoms with Gasteiger partial charge in [0.05, 0.1) is 0 Å². The number of hydrogen-bond acceptors (Lipinski definition) is 3. The van der Waals surface area contributed by atoms with Gasteiger partial charge in [-0.3, -0.25) is 9.69 Å². The molecule has 1 amide bonds. The second-order valence-corrected chi connectivity index (χ2v) is 12.7. The van der Waals surface area contributed by atoms with Gasteiger partial charge in [-0.2, -0.15) is 0 Å². The molecular formula is C42H40FN3O2. The molecule has 0 aliphatic carbocycles. The van der Waals surface area contributed by atoms with Gasteiger partial charge in [0.25, 0.3) is 0 Å². The minimum Gasteiger partial charge on any atom is -0.457 e. The van der Waals surface area contributed by atoms with Crippen LogP contribution in [0.2, 0.25) is 0 Å². The topological polar surface area (TPSA) is 46.5 Å². The standard InChI is InChI=1S/C42H40FN3O2/c43-34-20-18-32(19-21-34)29-46-30-40(38-16-7-8-17-41(38)46)39(33-12-9-15-37(26-33)48-36-13-5-2-6-14-36)27-42(47)44-35-22-24-45(25-23-35)28-31-10-3-1-4-11-31/h1-21,26,30,35,39H,22-25,27-29H2,(H,44,47). The van der Waals surface area contributed by atoms with Crippen LogP contribution in [-0.2, 0) is 17.9 Å². The zero-order valence-corrected chi connectivity index (χ0v) is 27.0. The van der Waals surface area contributed by atoms with Crippen molar-refractivity contribution in [1.82, 2.24) is 14.8 Å². The van der Waals surface area contributed by atoms with Gasteiger partial charge in [-0.15, -0.1) is 0 Å². The Bertz CT molecular complexity index is 1950. The van der Waals surface area contributed by atoms with Gasteiger partial charge in [0.1, 0.15) is 17.3 Å². The number of ether oxygens (including phenoxy) is 1. The van der Waals surface area contributed by atoms with Crippen molar-refractivity contribution in [2.24, 2.45) is 0 Å². The maximum absolute atomic E-state index is 13.9. The highest BCUT2D eigenvalue weighted by Crippen LogP contribution is 2.37. The van der Waals surface area contributed by atoms with Crippen molar-refractivity contribution in [1.29, 1.82) is 0 Å². The normalized spacial score (nSPS) is 14.5. The first-order valence-corrected chi connectivity index (χ1v) is 16.8. The first-order chi connectivity index (χ1) is 23.6. The number of piperidine rings is 1. The number of aromatic nitrogens is 1. The molecule has 0 bridgehead atoms. The van der Waals surface area contributed by atoms with Crippen LogP contribution in [0.15, 0.2) is 140 Å². The molecule has 7 rings (SSSR count).